The summed E-state index contributed by atoms with van der Waals surface area (Å²) >= 11 is 1.87. The van der Waals surface area contributed by atoms with Crippen molar-refractivity contribution >= 4 is 11.3 Å². The molecule has 0 amide bonds. The summed E-state index contributed by atoms with van der Waals surface area (Å²) in [5.74, 6) is 0.471. The number of thiazole rings is 1. The Morgan fingerprint density at radius 3 is 2.43 bits per heavy atom. The fraction of sp³-hybridized carbons (Fsp3) is 0.824. The van der Waals surface area contributed by atoms with Gasteiger partial charge in [0, 0.05) is 24.1 Å². The monoisotopic (exact) mass is 310 g/mol. The molecule has 1 N–H and O–H groups in total. The van der Waals surface area contributed by atoms with Crippen molar-refractivity contribution in [3.8, 4) is 0 Å². The molecule has 0 aromatic carbocycles. The second-order valence-electron chi connectivity index (χ2n) is 6.65. The number of aromatic nitrogens is 1. The largest absolute Gasteiger partial charge is 0.368 e. The first kappa shape index (κ1) is 16.9. The third kappa shape index (κ3) is 3.85. The molecule has 1 fully saturated rings. The molecule has 3 nitrogen and oxygen atoms in total. The Morgan fingerprint density at radius 1 is 1.24 bits per heavy atom. The van der Waals surface area contributed by atoms with Gasteiger partial charge in [0.25, 0.3) is 0 Å². The van der Waals surface area contributed by atoms with E-state index in [1.165, 1.54) is 28.4 Å². The summed E-state index contributed by atoms with van der Waals surface area (Å²) in [7, 11) is 0. The van der Waals surface area contributed by atoms with Crippen LogP contribution in [0.3, 0.4) is 0 Å². The fourth-order valence-electron chi connectivity index (χ4n) is 3.08. The molecule has 0 unspecified atom stereocenters. The lowest BCUT2D eigenvalue weighted by Gasteiger charge is -2.26. The Labute approximate surface area is 133 Å². The predicted octanol–water partition coefficient (Wildman–Crippen LogP) is 4.57. The standard InChI is InChI=1S/C17H30N2OS/c1-6-20-17(9-7-8-10-17)16-19-15(12(2)3)14(21-16)11-18-13(4)5/h12-13,18H,6-11H2,1-5H3. The molecule has 0 atom stereocenters. The van der Waals surface area contributed by atoms with Crippen LogP contribution in [-0.2, 0) is 16.9 Å². The molecule has 21 heavy (non-hydrogen) atoms. The lowest BCUT2D eigenvalue weighted by Crippen LogP contribution is -2.26. The van der Waals surface area contributed by atoms with Crippen LogP contribution in [0.2, 0.25) is 0 Å². The first-order chi connectivity index (χ1) is 9.98. The minimum absolute atomic E-state index is 0.0981. The summed E-state index contributed by atoms with van der Waals surface area (Å²) in [5, 5.41) is 4.75. The maximum Gasteiger partial charge on any atom is 0.125 e. The second-order valence-corrected chi connectivity index (χ2v) is 7.74. The summed E-state index contributed by atoms with van der Waals surface area (Å²) in [6, 6.07) is 0.503. The van der Waals surface area contributed by atoms with Crippen molar-refractivity contribution in [2.45, 2.75) is 84.4 Å². The van der Waals surface area contributed by atoms with E-state index in [0.29, 0.717) is 12.0 Å². The van der Waals surface area contributed by atoms with Gasteiger partial charge in [0.2, 0.25) is 0 Å². The summed E-state index contributed by atoms with van der Waals surface area (Å²) < 4.78 is 6.18. The fourth-order valence-corrected chi connectivity index (χ4v) is 4.44. The highest BCUT2D eigenvalue weighted by Crippen LogP contribution is 2.45. The molecule has 1 aromatic heterocycles. The van der Waals surface area contributed by atoms with Gasteiger partial charge in [0.1, 0.15) is 10.6 Å². The lowest BCUT2D eigenvalue weighted by atomic mass is 10.0. The molecule has 120 valence electrons. The van der Waals surface area contributed by atoms with Gasteiger partial charge in [-0.25, -0.2) is 4.98 Å². The molecule has 1 saturated carbocycles. The van der Waals surface area contributed by atoms with Crippen molar-refractivity contribution in [2.75, 3.05) is 6.61 Å². The van der Waals surface area contributed by atoms with Crippen molar-refractivity contribution in [3.63, 3.8) is 0 Å². The van der Waals surface area contributed by atoms with Crippen molar-refractivity contribution < 1.29 is 4.74 Å². The van der Waals surface area contributed by atoms with Crippen molar-refractivity contribution in [1.82, 2.24) is 10.3 Å². The van der Waals surface area contributed by atoms with Gasteiger partial charge < -0.3 is 10.1 Å². The van der Waals surface area contributed by atoms with Crippen LogP contribution in [0.15, 0.2) is 0 Å². The van der Waals surface area contributed by atoms with E-state index in [9.17, 15) is 0 Å². The maximum atomic E-state index is 6.18. The summed E-state index contributed by atoms with van der Waals surface area (Å²) in [4.78, 5) is 6.40. The summed E-state index contributed by atoms with van der Waals surface area (Å²) in [6.45, 7) is 12.6. The highest BCUT2D eigenvalue weighted by atomic mass is 32.1. The van der Waals surface area contributed by atoms with Crippen LogP contribution in [0.5, 0.6) is 0 Å². The van der Waals surface area contributed by atoms with Crippen molar-refractivity contribution in [2.24, 2.45) is 0 Å². The predicted molar refractivity (Wildman–Crippen MR) is 90.0 cm³/mol. The molecule has 1 aromatic rings. The van der Waals surface area contributed by atoms with E-state index in [-0.39, 0.29) is 5.60 Å². The molecular formula is C17H30N2OS. The molecule has 4 heteroatoms. The van der Waals surface area contributed by atoms with Crippen LogP contribution in [0.4, 0.5) is 0 Å². The Morgan fingerprint density at radius 2 is 1.90 bits per heavy atom. The Bertz CT molecular complexity index is 448. The molecule has 1 aliphatic rings. The molecule has 1 heterocycles. The van der Waals surface area contributed by atoms with E-state index in [2.05, 4.69) is 39.9 Å². The molecule has 2 rings (SSSR count). The molecule has 0 aliphatic heterocycles. The Kier molecular flexibility index (Phi) is 5.81. The number of hydrogen-bond acceptors (Lipinski definition) is 4. The SMILES string of the molecule is CCOC1(c2nc(C(C)C)c(CNC(C)C)s2)CCCC1. The van der Waals surface area contributed by atoms with Gasteiger partial charge >= 0.3 is 0 Å². The average molecular weight is 311 g/mol. The van der Waals surface area contributed by atoms with Crippen LogP contribution in [0, 0.1) is 0 Å². The van der Waals surface area contributed by atoms with Crippen LogP contribution in [0.25, 0.3) is 0 Å². The molecule has 0 spiro atoms. The quantitative estimate of drug-likeness (QED) is 0.801. The van der Waals surface area contributed by atoms with Gasteiger partial charge in [-0.15, -0.1) is 11.3 Å². The molecule has 0 bridgehead atoms. The maximum absolute atomic E-state index is 6.18. The number of nitrogens with one attached hydrogen (secondary N) is 1. The molecule has 1 aliphatic carbocycles. The highest BCUT2D eigenvalue weighted by molar-refractivity contribution is 7.11. The topological polar surface area (TPSA) is 34.1 Å². The van der Waals surface area contributed by atoms with Gasteiger partial charge in [-0.1, -0.05) is 40.5 Å². The summed E-state index contributed by atoms with van der Waals surface area (Å²) in [6.07, 6.45) is 4.78. The number of ether oxygens (including phenoxy) is 1. The van der Waals surface area contributed by atoms with Crippen molar-refractivity contribution in [3.05, 3.63) is 15.6 Å². The lowest BCUT2D eigenvalue weighted by molar-refractivity contribution is -0.0392. The number of nitrogens with zero attached hydrogens (tertiary/aromatic N) is 1. The third-order valence-electron chi connectivity index (χ3n) is 4.17. The van der Waals surface area contributed by atoms with E-state index < -0.39 is 0 Å². The van der Waals surface area contributed by atoms with Crippen molar-refractivity contribution in [1.29, 1.82) is 0 Å². The van der Waals surface area contributed by atoms with Gasteiger partial charge in [-0.2, -0.15) is 0 Å². The van der Waals surface area contributed by atoms with Gasteiger partial charge in [0.15, 0.2) is 0 Å². The zero-order valence-corrected chi connectivity index (χ0v) is 15.0. The normalized spacial score (nSPS) is 18.0. The second kappa shape index (κ2) is 7.21. The van der Waals surface area contributed by atoms with Gasteiger partial charge in [-0.05, 0) is 25.7 Å². The molecular weight excluding hydrogens is 280 g/mol. The Hall–Kier alpha value is -0.450. The van der Waals surface area contributed by atoms with E-state index in [1.807, 2.05) is 11.3 Å². The summed E-state index contributed by atoms with van der Waals surface area (Å²) in [5.41, 5.74) is 1.16. The smallest absolute Gasteiger partial charge is 0.125 e. The minimum atomic E-state index is -0.0981. The first-order valence-electron chi connectivity index (χ1n) is 8.36. The van der Waals surface area contributed by atoms with E-state index in [1.54, 1.807) is 0 Å². The highest BCUT2D eigenvalue weighted by Gasteiger charge is 2.40. The van der Waals surface area contributed by atoms with E-state index >= 15 is 0 Å². The zero-order valence-electron chi connectivity index (χ0n) is 14.2. The average Bonchev–Trinajstić information content (AvgIpc) is 3.03. The number of rotatable bonds is 7. The molecule has 0 saturated heterocycles. The van der Waals surface area contributed by atoms with Crippen LogP contribution in [-0.4, -0.2) is 17.6 Å². The van der Waals surface area contributed by atoms with E-state index in [0.717, 1.165) is 26.0 Å². The number of hydrogen-bond donors (Lipinski definition) is 1. The van der Waals surface area contributed by atoms with Crippen LogP contribution in [0.1, 0.15) is 81.8 Å². The zero-order chi connectivity index (χ0) is 15.5. The van der Waals surface area contributed by atoms with E-state index in [4.69, 9.17) is 9.72 Å². The third-order valence-corrected chi connectivity index (χ3v) is 5.42. The first-order valence-corrected chi connectivity index (χ1v) is 9.17. The van der Waals surface area contributed by atoms with Gasteiger partial charge in [-0.3, -0.25) is 0 Å². The minimum Gasteiger partial charge on any atom is -0.368 e. The Balaban J connectivity index is 2.29. The van der Waals surface area contributed by atoms with Crippen LogP contribution < -0.4 is 5.32 Å². The van der Waals surface area contributed by atoms with Crippen LogP contribution >= 0.6 is 11.3 Å². The van der Waals surface area contributed by atoms with Gasteiger partial charge in [0.05, 0.1) is 5.69 Å². The molecule has 0 radical (unpaired) electrons.